The van der Waals surface area contributed by atoms with E-state index in [1.54, 1.807) is 0 Å². The Balaban J connectivity index is 1.63. The Morgan fingerprint density at radius 1 is 0.852 bits per heavy atom. The predicted octanol–water partition coefficient (Wildman–Crippen LogP) is 2.76. The normalized spacial score (nSPS) is 21.9. The molecule has 6 heteroatoms. The Hall–Kier alpha value is -1.31. The molecule has 0 saturated carbocycles. The maximum Gasteiger partial charge on any atom is 0.124 e. The molecule has 1 aromatic heterocycles. The summed E-state index contributed by atoms with van der Waals surface area (Å²) in [5.41, 5.74) is 2.51. The molecule has 2 aliphatic rings. The van der Waals surface area contributed by atoms with Crippen LogP contribution in [0.25, 0.3) is 10.6 Å². The summed E-state index contributed by atoms with van der Waals surface area (Å²) in [5, 5.41) is 1.15. The molecule has 0 bridgehead atoms. The van der Waals surface area contributed by atoms with Gasteiger partial charge < -0.3 is 18.4 Å². The first-order valence-electron chi connectivity index (χ1n) is 9.92. The smallest absolute Gasteiger partial charge is 0.124 e. The van der Waals surface area contributed by atoms with Crippen molar-refractivity contribution in [3.05, 3.63) is 40.9 Å². The molecule has 0 unspecified atom stereocenters. The average Bonchev–Trinajstić information content (AvgIpc) is 3.05. The van der Waals surface area contributed by atoms with Crippen molar-refractivity contribution in [2.45, 2.75) is 13.1 Å². The molecule has 2 fully saturated rings. The predicted molar refractivity (Wildman–Crippen MR) is 108 cm³/mol. The van der Waals surface area contributed by atoms with E-state index in [2.05, 4.69) is 44.4 Å². The standard InChI is InChI=1S/C21H31N3O2S/c1-23(8-12-25-13-9-23)16-19-20(17-24(2)10-14-26-15-11-24)27-21(22-19)18-6-4-3-5-7-18/h3-7H,8-17H2,1-2H3/q+2. The molecule has 27 heavy (non-hydrogen) atoms. The SMILES string of the molecule is C[N+]1(Cc2nc(-c3ccccc3)sc2C[N+]2(C)CCOCC2)CCOCC1. The first-order chi connectivity index (χ1) is 13.1. The zero-order chi connectivity index (χ0) is 18.7. The van der Waals surface area contributed by atoms with E-state index in [0.29, 0.717) is 0 Å². The molecule has 5 nitrogen and oxygen atoms in total. The van der Waals surface area contributed by atoms with Crippen LogP contribution in [0.5, 0.6) is 0 Å². The molecule has 4 rings (SSSR count). The molecule has 0 atom stereocenters. The van der Waals surface area contributed by atoms with Crippen LogP contribution in [-0.2, 0) is 22.6 Å². The minimum absolute atomic E-state index is 0.854. The van der Waals surface area contributed by atoms with E-state index in [1.165, 1.54) is 16.1 Å². The van der Waals surface area contributed by atoms with E-state index >= 15 is 0 Å². The number of rotatable bonds is 5. The van der Waals surface area contributed by atoms with Gasteiger partial charge in [0.05, 0.1) is 45.4 Å². The highest BCUT2D eigenvalue weighted by molar-refractivity contribution is 7.15. The number of thiazole rings is 1. The summed E-state index contributed by atoms with van der Waals surface area (Å²) in [6.45, 7) is 9.78. The van der Waals surface area contributed by atoms with Crippen molar-refractivity contribution in [2.75, 3.05) is 66.7 Å². The lowest BCUT2D eigenvalue weighted by atomic mass is 10.2. The van der Waals surface area contributed by atoms with Crippen LogP contribution in [-0.4, -0.2) is 80.7 Å². The third-order valence-corrected chi connectivity index (χ3v) is 7.09. The van der Waals surface area contributed by atoms with Crippen LogP contribution in [0.2, 0.25) is 0 Å². The molecule has 1 aromatic carbocycles. The molecule has 0 N–H and O–H groups in total. The van der Waals surface area contributed by atoms with Gasteiger partial charge in [-0.05, 0) is 0 Å². The summed E-state index contributed by atoms with van der Waals surface area (Å²) >= 11 is 1.88. The molecule has 0 radical (unpaired) electrons. The molecule has 146 valence electrons. The van der Waals surface area contributed by atoms with Gasteiger partial charge in [-0.3, -0.25) is 0 Å². The molecular weight excluding hydrogens is 358 g/mol. The lowest BCUT2D eigenvalue weighted by molar-refractivity contribution is -0.932. The summed E-state index contributed by atoms with van der Waals surface area (Å²) in [6.07, 6.45) is 0. The zero-order valence-corrected chi connectivity index (χ0v) is 17.3. The van der Waals surface area contributed by atoms with Crippen molar-refractivity contribution in [3.8, 4) is 10.6 Å². The first kappa shape index (κ1) is 19.0. The summed E-state index contributed by atoms with van der Waals surface area (Å²) in [6, 6.07) is 10.6. The van der Waals surface area contributed by atoms with Crippen LogP contribution < -0.4 is 0 Å². The van der Waals surface area contributed by atoms with Gasteiger partial charge >= 0.3 is 0 Å². The summed E-state index contributed by atoms with van der Waals surface area (Å²) in [7, 11) is 4.71. The Morgan fingerprint density at radius 2 is 1.41 bits per heavy atom. The van der Waals surface area contributed by atoms with Gasteiger partial charge in [0, 0.05) is 5.56 Å². The van der Waals surface area contributed by atoms with E-state index in [9.17, 15) is 0 Å². The van der Waals surface area contributed by atoms with E-state index in [0.717, 1.165) is 79.7 Å². The van der Waals surface area contributed by atoms with Crippen LogP contribution in [0.1, 0.15) is 10.6 Å². The highest BCUT2D eigenvalue weighted by Crippen LogP contribution is 2.32. The van der Waals surface area contributed by atoms with E-state index < -0.39 is 0 Å². The number of quaternary nitrogens is 2. The third kappa shape index (κ3) is 4.58. The first-order valence-corrected chi connectivity index (χ1v) is 10.7. The molecule has 2 aromatic rings. The second kappa shape index (κ2) is 7.97. The molecule has 2 saturated heterocycles. The summed E-state index contributed by atoms with van der Waals surface area (Å²) < 4.78 is 13.3. The van der Waals surface area contributed by atoms with Crippen LogP contribution >= 0.6 is 11.3 Å². The molecule has 2 aliphatic heterocycles. The maximum atomic E-state index is 5.60. The number of benzene rings is 1. The largest absolute Gasteiger partial charge is 0.370 e. The summed E-state index contributed by atoms with van der Waals surface area (Å²) in [4.78, 5) is 6.59. The van der Waals surface area contributed by atoms with Crippen molar-refractivity contribution in [2.24, 2.45) is 0 Å². The van der Waals surface area contributed by atoms with Crippen LogP contribution in [0, 0.1) is 0 Å². The Kier molecular flexibility index (Phi) is 5.62. The highest BCUT2D eigenvalue weighted by Gasteiger charge is 2.32. The molecule has 0 amide bonds. The number of nitrogens with zero attached hydrogens (tertiary/aromatic N) is 3. The Labute approximate surface area is 166 Å². The van der Waals surface area contributed by atoms with Gasteiger partial charge in [0.25, 0.3) is 0 Å². The van der Waals surface area contributed by atoms with Crippen LogP contribution in [0.4, 0.5) is 0 Å². The maximum absolute atomic E-state index is 5.60. The number of hydrogen-bond donors (Lipinski definition) is 0. The van der Waals surface area contributed by atoms with Gasteiger partial charge in [0.1, 0.15) is 50.0 Å². The van der Waals surface area contributed by atoms with Crippen molar-refractivity contribution in [3.63, 3.8) is 0 Å². The highest BCUT2D eigenvalue weighted by atomic mass is 32.1. The van der Waals surface area contributed by atoms with E-state index in [4.69, 9.17) is 14.5 Å². The van der Waals surface area contributed by atoms with Crippen LogP contribution in [0.15, 0.2) is 30.3 Å². The van der Waals surface area contributed by atoms with Gasteiger partial charge in [-0.25, -0.2) is 4.98 Å². The van der Waals surface area contributed by atoms with Gasteiger partial charge in [-0.1, -0.05) is 30.3 Å². The fraction of sp³-hybridized carbons (Fsp3) is 0.571. The Bertz CT molecular complexity index is 707. The fourth-order valence-electron chi connectivity index (χ4n) is 3.93. The average molecular weight is 390 g/mol. The van der Waals surface area contributed by atoms with Crippen LogP contribution in [0.3, 0.4) is 0 Å². The minimum Gasteiger partial charge on any atom is -0.370 e. The van der Waals surface area contributed by atoms with Crippen molar-refractivity contribution < 1.29 is 18.4 Å². The van der Waals surface area contributed by atoms with Gasteiger partial charge in [-0.15, -0.1) is 11.3 Å². The second-order valence-electron chi connectivity index (χ2n) is 8.43. The molecule has 0 spiro atoms. The quantitative estimate of drug-likeness (QED) is 0.737. The second-order valence-corrected chi connectivity index (χ2v) is 9.51. The van der Waals surface area contributed by atoms with Gasteiger partial charge in [0.15, 0.2) is 0 Å². The number of ether oxygens (including phenoxy) is 2. The number of likely N-dealkylation sites (N-methyl/N-ethyl adjacent to an activating group) is 2. The topological polar surface area (TPSA) is 31.4 Å². The number of hydrogen-bond acceptors (Lipinski definition) is 4. The number of morpholine rings is 2. The van der Waals surface area contributed by atoms with E-state index in [-0.39, 0.29) is 0 Å². The van der Waals surface area contributed by atoms with Gasteiger partial charge in [0.2, 0.25) is 0 Å². The van der Waals surface area contributed by atoms with E-state index in [1.807, 2.05) is 11.3 Å². The zero-order valence-electron chi connectivity index (χ0n) is 16.5. The van der Waals surface area contributed by atoms with Gasteiger partial charge in [-0.2, -0.15) is 0 Å². The lowest BCUT2D eigenvalue weighted by Gasteiger charge is -2.39. The lowest BCUT2D eigenvalue weighted by Crippen LogP contribution is -2.52. The molecule has 0 aliphatic carbocycles. The summed E-state index contributed by atoms with van der Waals surface area (Å²) in [5.74, 6) is 0. The Morgan fingerprint density at radius 3 is 2.00 bits per heavy atom. The third-order valence-electron chi connectivity index (χ3n) is 5.96. The van der Waals surface area contributed by atoms with Crippen molar-refractivity contribution in [1.82, 2.24) is 4.98 Å². The molecular formula is C21H31N3O2S+2. The number of aromatic nitrogens is 1. The fourth-order valence-corrected chi connectivity index (χ4v) is 5.17. The minimum atomic E-state index is 0.854. The molecule has 3 heterocycles. The van der Waals surface area contributed by atoms with Crippen molar-refractivity contribution in [1.29, 1.82) is 0 Å². The monoisotopic (exact) mass is 389 g/mol. The van der Waals surface area contributed by atoms with Crippen molar-refractivity contribution >= 4 is 11.3 Å².